The number of aliphatic hydroxyl groups is 1. The van der Waals surface area contributed by atoms with Crippen LogP contribution in [0.5, 0.6) is 0 Å². The Morgan fingerprint density at radius 3 is 2.46 bits per heavy atom. The molecule has 1 aliphatic carbocycles. The molecule has 3 aromatic heterocycles. The Kier molecular flexibility index (Phi) is 11.7. The van der Waals surface area contributed by atoms with Crippen molar-refractivity contribution in [3.8, 4) is 22.5 Å². The van der Waals surface area contributed by atoms with E-state index < -0.39 is 17.2 Å². The normalized spacial score (nSPS) is 17.4. The van der Waals surface area contributed by atoms with Crippen LogP contribution < -0.4 is 11.3 Å². The number of aromatic nitrogens is 6. The number of aryl methyl sites for hydroxylation is 1. The van der Waals surface area contributed by atoms with E-state index in [0.29, 0.717) is 59.3 Å². The molecule has 0 aliphatic heterocycles. The fourth-order valence-corrected chi connectivity index (χ4v) is 6.85. The summed E-state index contributed by atoms with van der Waals surface area (Å²) in [6.07, 6.45) is 6.26. The van der Waals surface area contributed by atoms with Crippen molar-refractivity contribution in [1.29, 1.82) is 0 Å². The first kappa shape index (κ1) is 36.5. The van der Waals surface area contributed by atoms with Gasteiger partial charge in [-0.1, -0.05) is 61.8 Å². The third kappa shape index (κ3) is 7.52. The molecule has 0 amide bonds. The average Bonchev–Trinajstić information content (AvgIpc) is 3.71. The summed E-state index contributed by atoms with van der Waals surface area (Å²) in [4.78, 5) is 33.0. The molecule has 2 aromatic carbocycles. The number of fused-ring (bicyclic) bond motifs is 1. The number of nitrogens with zero attached hydrogens (tertiary/aromatic N) is 5. The molecule has 5 aromatic rings. The fraction of sp³-hybridized carbons (Fsp3) is 0.457. The zero-order chi connectivity index (χ0) is 33.3. The van der Waals surface area contributed by atoms with Crippen LogP contribution in [0.1, 0.15) is 89.1 Å². The molecule has 250 valence electrons. The number of benzene rings is 2. The second-order valence-electron chi connectivity index (χ2n) is 12.9. The van der Waals surface area contributed by atoms with Crippen LogP contribution in [0.4, 0.5) is 4.39 Å². The van der Waals surface area contributed by atoms with Crippen LogP contribution in [0, 0.1) is 5.82 Å². The van der Waals surface area contributed by atoms with Gasteiger partial charge in [-0.05, 0) is 75.1 Å². The second kappa shape index (κ2) is 15.4. The summed E-state index contributed by atoms with van der Waals surface area (Å²) in [7, 11) is 0. The first-order valence-corrected chi connectivity index (χ1v) is 16.4. The van der Waals surface area contributed by atoms with Gasteiger partial charge >= 0.3 is 57.1 Å². The van der Waals surface area contributed by atoms with E-state index in [1.165, 1.54) is 12.4 Å². The molecule has 6 rings (SSSR count). The molecule has 2 N–H and O–H groups in total. The number of hydrogen-bond acceptors (Lipinski definition) is 8. The third-order valence-electron chi connectivity index (χ3n) is 9.19. The predicted octanol–water partition coefficient (Wildman–Crippen LogP) is 4.99. The molecule has 48 heavy (non-hydrogen) atoms. The maximum absolute atomic E-state index is 15.9. The number of aromatic amines is 1. The number of rotatable bonds is 11. The fourth-order valence-electron chi connectivity index (χ4n) is 6.85. The molecule has 1 unspecified atom stereocenters. The SMILES string of the molecule is CCCc1c(Cc2ccc(-c3ccccc3-c3noc(=O)[nH]3)cc2F)c(=O)n([C@H]2CC[C@H](OC(CC)C(C)(C)O)CC2)c2ncnn12.[KH]. The van der Waals surface area contributed by atoms with Crippen molar-refractivity contribution in [2.24, 2.45) is 0 Å². The van der Waals surface area contributed by atoms with Gasteiger partial charge in [0.25, 0.3) is 5.56 Å². The molecule has 1 fully saturated rings. The quantitative estimate of drug-likeness (QED) is 0.186. The average molecular weight is 685 g/mol. The van der Waals surface area contributed by atoms with Crippen LogP contribution >= 0.6 is 0 Å². The van der Waals surface area contributed by atoms with E-state index in [2.05, 4.69) is 24.7 Å². The summed E-state index contributed by atoms with van der Waals surface area (Å²) in [5.41, 5.74) is 2.38. The summed E-state index contributed by atoms with van der Waals surface area (Å²) in [5.74, 6) is -0.378. The molecule has 1 saturated carbocycles. The summed E-state index contributed by atoms with van der Waals surface area (Å²) >= 11 is 0. The Labute approximate surface area is 320 Å². The first-order chi connectivity index (χ1) is 22.6. The zero-order valence-corrected chi connectivity index (χ0v) is 27.2. The molecule has 1 atom stereocenters. The first-order valence-electron chi connectivity index (χ1n) is 16.4. The van der Waals surface area contributed by atoms with E-state index in [1.54, 1.807) is 47.2 Å². The summed E-state index contributed by atoms with van der Waals surface area (Å²) in [5, 5.41) is 18.8. The topological polar surface area (TPSA) is 141 Å². The minimum absolute atomic E-state index is 0. The Balaban J connectivity index is 0.00000451. The molecule has 3 heterocycles. The second-order valence-corrected chi connectivity index (χ2v) is 12.9. The Hall–Kier alpha value is -2.78. The Bertz CT molecular complexity index is 1990. The van der Waals surface area contributed by atoms with Crippen LogP contribution in [0.2, 0.25) is 0 Å². The molecule has 13 heteroatoms. The van der Waals surface area contributed by atoms with E-state index >= 15 is 4.39 Å². The predicted molar refractivity (Wildman–Crippen MR) is 182 cm³/mol. The maximum atomic E-state index is 15.9. The summed E-state index contributed by atoms with van der Waals surface area (Å²) in [6, 6.07) is 12.1. The van der Waals surface area contributed by atoms with Crippen molar-refractivity contribution in [3.63, 3.8) is 0 Å². The van der Waals surface area contributed by atoms with Gasteiger partial charge in [0.2, 0.25) is 5.78 Å². The molecule has 0 bridgehead atoms. The molecule has 0 spiro atoms. The molecule has 0 radical (unpaired) electrons. The van der Waals surface area contributed by atoms with Crippen LogP contribution in [0.25, 0.3) is 28.3 Å². The van der Waals surface area contributed by atoms with Crippen molar-refractivity contribution < 1.29 is 18.8 Å². The van der Waals surface area contributed by atoms with E-state index in [0.717, 1.165) is 25.0 Å². The van der Waals surface area contributed by atoms with Crippen molar-refractivity contribution in [2.75, 3.05) is 0 Å². The molecule has 1 aliphatic rings. The van der Waals surface area contributed by atoms with Crippen molar-refractivity contribution >= 4 is 57.2 Å². The molecule has 11 nitrogen and oxygen atoms in total. The van der Waals surface area contributed by atoms with Gasteiger partial charge in [0.15, 0.2) is 5.82 Å². The van der Waals surface area contributed by atoms with Gasteiger partial charge in [-0.25, -0.2) is 13.7 Å². The number of hydrogen-bond donors (Lipinski definition) is 2. The van der Waals surface area contributed by atoms with E-state index in [9.17, 15) is 14.7 Å². The summed E-state index contributed by atoms with van der Waals surface area (Å²) < 4.78 is 30.4. The van der Waals surface area contributed by atoms with Crippen LogP contribution in [-0.4, -0.2) is 104 Å². The van der Waals surface area contributed by atoms with E-state index in [4.69, 9.17) is 4.74 Å². The molecular weight excluding hydrogens is 643 g/mol. The third-order valence-corrected chi connectivity index (χ3v) is 9.19. The number of nitrogens with one attached hydrogen (secondary N) is 1. The van der Waals surface area contributed by atoms with Crippen molar-refractivity contribution in [3.05, 3.63) is 92.3 Å². The Morgan fingerprint density at radius 1 is 1.10 bits per heavy atom. The van der Waals surface area contributed by atoms with Gasteiger partial charge in [-0.3, -0.25) is 18.9 Å². The van der Waals surface area contributed by atoms with E-state index in [-0.39, 0.29) is 87.4 Å². The van der Waals surface area contributed by atoms with Crippen molar-refractivity contribution in [1.82, 2.24) is 29.3 Å². The van der Waals surface area contributed by atoms with Gasteiger partial charge in [-0.15, -0.1) is 0 Å². The molecule has 0 saturated heterocycles. The van der Waals surface area contributed by atoms with Crippen LogP contribution in [0.15, 0.2) is 62.9 Å². The number of halogens is 1. The van der Waals surface area contributed by atoms with Crippen LogP contribution in [-0.2, 0) is 17.6 Å². The van der Waals surface area contributed by atoms with Gasteiger partial charge in [-0.2, -0.15) is 10.1 Å². The van der Waals surface area contributed by atoms with Gasteiger partial charge in [0.1, 0.15) is 12.1 Å². The standard InChI is InChI=1S/C35H41FN6O5.K.H/c1-5-9-29-27(18-22-13-12-21(19-28(22)36)25-10-7-8-11-26(25)31-39-34(44)47-40-31)32(43)41(33-37-20-38-42(29)33)23-14-16-24(17-15-23)46-30(6-2)35(3,4)45;;/h7-8,10-13,19-20,23-24,30,45H,5-6,9,14-18H2,1-4H3,(H,39,40,44);;/t23-,24-,30?;;. The van der Waals surface area contributed by atoms with Gasteiger partial charge in [0, 0.05) is 23.6 Å². The minimum atomic E-state index is -0.936. The molecular formula is C35H42FKN6O5. The van der Waals surface area contributed by atoms with E-state index in [1.807, 2.05) is 26.0 Å². The van der Waals surface area contributed by atoms with Crippen LogP contribution in [0.3, 0.4) is 0 Å². The zero-order valence-electron chi connectivity index (χ0n) is 27.2. The number of ether oxygens (including phenoxy) is 1. The monoisotopic (exact) mass is 684 g/mol. The number of H-pyrrole nitrogens is 1. The van der Waals surface area contributed by atoms with Gasteiger partial charge < -0.3 is 9.84 Å². The Morgan fingerprint density at radius 2 is 1.83 bits per heavy atom. The van der Waals surface area contributed by atoms with Gasteiger partial charge in [0.05, 0.1) is 23.5 Å². The summed E-state index contributed by atoms with van der Waals surface area (Å²) in [6.45, 7) is 7.58. The van der Waals surface area contributed by atoms with Crippen molar-refractivity contribution in [2.45, 2.75) is 103 Å².